The number of aromatic nitrogens is 1. The number of rotatable bonds is 3. The predicted molar refractivity (Wildman–Crippen MR) is 75.3 cm³/mol. The Kier molecular flexibility index (Phi) is 5.23. The van der Waals surface area contributed by atoms with E-state index >= 15 is 0 Å². The Morgan fingerprint density at radius 1 is 1.29 bits per heavy atom. The van der Waals surface area contributed by atoms with Crippen LogP contribution < -0.4 is 0 Å². The molecule has 1 aromatic rings. The van der Waals surface area contributed by atoms with Gasteiger partial charge >= 0.3 is 6.18 Å². The molecule has 0 bridgehead atoms. The smallest absolute Gasteiger partial charge is 0.343 e. The molecule has 0 saturated heterocycles. The normalized spacial score (nSPS) is 13.3. The molecule has 1 aromatic heterocycles. The minimum atomic E-state index is -4.52. The molecular weight excluding hydrogens is 283 g/mol. The average Bonchev–Trinajstić information content (AvgIpc) is 2.42. The van der Waals surface area contributed by atoms with Crippen LogP contribution in [0.4, 0.5) is 13.2 Å². The van der Waals surface area contributed by atoms with E-state index < -0.39 is 11.9 Å². The standard InChI is InChI=1S/C14H16F3N3O/c1-9(8-12(18-2)14(15,16)17)10-6-5-7-11(19-10)13(21)20(3)4/h5-8H,1-4H3/b9-8+,18-12?. The van der Waals surface area contributed by atoms with E-state index in [4.69, 9.17) is 0 Å². The van der Waals surface area contributed by atoms with Gasteiger partial charge in [0.15, 0.2) is 0 Å². The molecule has 0 aliphatic heterocycles. The second-order valence-corrected chi connectivity index (χ2v) is 4.54. The monoisotopic (exact) mass is 299 g/mol. The molecule has 0 radical (unpaired) electrons. The van der Waals surface area contributed by atoms with Crippen LogP contribution in [0, 0.1) is 0 Å². The number of halogens is 3. The highest BCUT2D eigenvalue weighted by molar-refractivity contribution is 6.04. The summed E-state index contributed by atoms with van der Waals surface area (Å²) in [6.45, 7) is 1.49. The van der Waals surface area contributed by atoms with Gasteiger partial charge in [0.1, 0.15) is 11.4 Å². The van der Waals surface area contributed by atoms with Gasteiger partial charge in [-0.25, -0.2) is 4.98 Å². The van der Waals surface area contributed by atoms with Gasteiger partial charge in [-0.2, -0.15) is 13.2 Å². The van der Waals surface area contributed by atoms with Crippen molar-refractivity contribution < 1.29 is 18.0 Å². The third-order valence-electron chi connectivity index (χ3n) is 2.66. The zero-order valence-corrected chi connectivity index (χ0v) is 12.2. The number of amides is 1. The molecule has 7 heteroatoms. The topological polar surface area (TPSA) is 45.6 Å². The Morgan fingerprint density at radius 2 is 1.86 bits per heavy atom. The summed E-state index contributed by atoms with van der Waals surface area (Å²) in [6, 6.07) is 4.63. The molecule has 0 aliphatic carbocycles. The predicted octanol–water partition coefficient (Wildman–Crippen LogP) is 2.82. The Balaban J connectivity index is 3.17. The van der Waals surface area contributed by atoms with Gasteiger partial charge in [-0.15, -0.1) is 0 Å². The highest BCUT2D eigenvalue weighted by Crippen LogP contribution is 2.21. The van der Waals surface area contributed by atoms with Crippen molar-refractivity contribution in [1.82, 2.24) is 9.88 Å². The van der Waals surface area contributed by atoms with Crippen LogP contribution in [0.25, 0.3) is 5.57 Å². The summed E-state index contributed by atoms with van der Waals surface area (Å²) >= 11 is 0. The van der Waals surface area contributed by atoms with E-state index in [1.165, 1.54) is 17.9 Å². The number of carbonyl (C=O) groups excluding carboxylic acids is 1. The molecule has 1 rings (SSSR count). The van der Waals surface area contributed by atoms with Crippen molar-refractivity contribution >= 4 is 17.2 Å². The van der Waals surface area contributed by atoms with E-state index in [0.29, 0.717) is 5.69 Å². The summed E-state index contributed by atoms with van der Waals surface area (Å²) in [5.41, 5.74) is -0.243. The molecule has 0 aromatic carbocycles. The van der Waals surface area contributed by atoms with Crippen molar-refractivity contribution in [2.45, 2.75) is 13.1 Å². The number of hydrogen-bond acceptors (Lipinski definition) is 3. The van der Waals surface area contributed by atoms with Crippen LogP contribution in [0.1, 0.15) is 23.1 Å². The first kappa shape index (κ1) is 16.9. The van der Waals surface area contributed by atoms with Crippen LogP contribution in [0.5, 0.6) is 0 Å². The Labute approximate surface area is 121 Å². The number of allylic oxidation sites excluding steroid dienone is 2. The summed E-state index contributed by atoms with van der Waals surface area (Å²) in [7, 11) is 4.22. The third kappa shape index (κ3) is 4.40. The minimum absolute atomic E-state index is 0.173. The maximum Gasteiger partial charge on any atom is 0.432 e. The van der Waals surface area contributed by atoms with Gasteiger partial charge in [0, 0.05) is 21.1 Å². The van der Waals surface area contributed by atoms with Crippen molar-refractivity contribution in [3.63, 3.8) is 0 Å². The van der Waals surface area contributed by atoms with Crippen molar-refractivity contribution in [3.8, 4) is 0 Å². The van der Waals surface area contributed by atoms with Gasteiger partial charge in [0.05, 0.1) is 5.69 Å². The van der Waals surface area contributed by atoms with Crippen LogP contribution in [0.2, 0.25) is 0 Å². The molecule has 21 heavy (non-hydrogen) atoms. The number of alkyl halides is 3. The maximum atomic E-state index is 12.7. The first-order valence-corrected chi connectivity index (χ1v) is 6.08. The number of nitrogens with zero attached hydrogens (tertiary/aromatic N) is 3. The Hall–Kier alpha value is -2.18. The van der Waals surface area contributed by atoms with Crippen LogP contribution in [-0.4, -0.2) is 48.8 Å². The average molecular weight is 299 g/mol. The highest BCUT2D eigenvalue weighted by Gasteiger charge is 2.33. The minimum Gasteiger partial charge on any atom is -0.343 e. The van der Waals surface area contributed by atoms with E-state index in [0.717, 1.165) is 13.1 Å². The van der Waals surface area contributed by atoms with Crippen LogP contribution >= 0.6 is 0 Å². The summed E-state index contributed by atoms with van der Waals surface area (Å²) in [6.07, 6.45) is -3.61. The van der Waals surface area contributed by atoms with E-state index in [1.54, 1.807) is 26.2 Å². The molecule has 1 heterocycles. The molecule has 0 aliphatic rings. The van der Waals surface area contributed by atoms with Gasteiger partial charge in [-0.1, -0.05) is 6.07 Å². The lowest BCUT2D eigenvalue weighted by atomic mass is 10.1. The van der Waals surface area contributed by atoms with Crippen molar-refractivity contribution in [2.24, 2.45) is 4.99 Å². The number of pyridine rings is 1. The summed E-state index contributed by atoms with van der Waals surface area (Å²) in [4.78, 5) is 20.4. The third-order valence-corrected chi connectivity index (χ3v) is 2.66. The number of carbonyl (C=O) groups is 1. The molecule has 0 fully saturated rings. The van der Waals surface area contributed by atoms with E-state index in [9.17, 15) is 18.0 Å². The molecule has 114 valence electrons. The lowest BCUT2D eigenvalue weighted by Crippen LogP contribution is -2.23. The maximum absolute atomic E-state index is 12.7. The summed E-state index contributed by atoms with van der Waals surface area (Å²) in [5, 5.41) is 0. The molecule has 0 atom stereocenters. The van der Waals surface area contributed by atoms with E-state index in [-0.39, 0.29) is 17.2 Å². The van der Waals surface area contributed by atoms with Crippen LogP contribution in [0.3, 0.4) is 0 Å². The van der Waals surface area contributed by atoms with Gasteiger partial charge in [-0.3, -0.25) is 9.79 Å². The second kappa shape index (κ2) is 6.51. The van der Waals surface area contributed by atoms with Crippen molar-refractivity contribution in [2.75, 3.05) is 21.1 Å². The largest absolute Gasteiger partial charge is 0.432 e. The first-order chi connectivity index (χ1) is 9.66. The van der Waals surface area contributed by atoms with Crippen molar-refractivity contribution in [3.05, 3.63) is 35.7 Å². The molecule has 0 N–H and O–H groups in total. The molecule has 0 unspecified atom stereocenters. The summed E-state index contributed by atoms with van der Waals surface area (Å²) in [5.74, 6) is -0.315. The molecule has 4 nitrogen and oxygen atoms in total. The molecule has 0 saturated carbocycles. The van der Waals surface area contributed by atoms with E-state index in [2.05, 4.69) is 9.98 Å². The van der Waals surface area contributed by atoms with Gasteiger partial charge in [-0.05, 0) is 30.7 Å². The summed E-state index contributed by atoms with van der Waals surface area (Å²) < 4.78 is 38.0. The quantitative estimate of drug-likeness (QED) is 0.806. The van der Waals surface area contributed by atoms with Crippen LogP contribution in [-0.2, 0) is 0 Å². The SMILES string of the molecule is CN=C(/C=C(\C)c1cccc(C(=O)N(C)C)n1)C(F)(F)F. The lowest BCUT2D eigenvalue weighted by Gasteiger charge is -2.11. The molecule has 0 spiro atoms. The first-order valence-electron chi connectivity index (χ1n) is 6.08. The number of aliphatic imine (C=N–C) groups is 1. The van der Waals surface area contributed by atoms with Gasteiger partial charge in [0.2, 0.25) is 0 Å². The van der Waals surface area contributed by atoms with Gasteiger partial charge in [0.25, 0.3) is 5.91 Å². The zero-order chi connectivity index (χ0) is 16.2. The van der Waals surface area contributed by atoms with Gasteiger partial charge < -0.3 is 4.90 Å². The number of hydrogen-bond donors (Lipinski definition) is 0. The fraction of sp³-hybridized carbons (Fsp3) is 0.357. The second-order valence-electron chi connectivity index (χ2n) is 4.54. The molecular formula is C14H16F3N3O. The Bertz CT molecular complexity index is 589. The molecule has 1 amide bonds. The van der Waals surface area contributed by atoms with E-state index in [1.807, 2.05) is 0 Å². The Morgan fingerprint density at radius 3 is 2.33 bits per heavy atom. The lowest BCUT2D eigenvalue weighted by molar-refractivity contribution is -0.0577. The zero-order valence-electron chi connectivity index (χ0n) is 12.2. The highest BCUT2D eigenvalue weighted by atomic mass is 19.4. The van der Waals surface area contributed by atoms with Crippen molar-refractivity contribution in [1.29, 1.82) is 0 Å². The fourth-order valence-electron chi connectivity index (χ4n) is 1.55. The fourth-order valence-corrected chi connectivity index (χ4v) is 1.55. The van der Waals surface area contributed by atoms with Crippen LogP contribution in [0.15, 0.2) is 29.3 Å².